The minimum atomic E-state index is -0.486. The molecule has 2 heteroatoms. The summed E-state index contributed by atoms with van der Waals surface area (Å²) < 4.78 is 5.77. The highest BCUT2D eigenvalue weighted by atomic mass is 16.5. The Morgan fingerprint density at radius 2 is 1.90 bits per heavy atom. The molecular formula is C18H20O2. The maximum absolute atomic E-state index is 10.4. The molecule has 1 atom stereocenters. The number of aryl methyl sites for hydroxylation is 1. The summed E-state index contributed by atoms with van der Waals surface area (Å²) in [5.74, 6) is 0.868. The lowest BCUT2D eigenvalue weighted by molar-refractivity contribution is 0.177. The predicted octanol–water partition coefficient (Wildman–Crippen LogP) is 3.81. The van der Waals surface area contributed by atoms with Gasteiger partial charge in [0.1, 0.15) is 5.75 Å². The number of rotatable bonds is 5. The molecule has 1 fully saturated rings. The van der Waals surface area contributed by atoms with Crippen LogP contribution in [0.1, 0.15) is 35.6 Å². The van der Waals surface area contributed by atoms with Crippen molar-refractivity contribution in [3.8, 4) is 5.75 Å². The zero-order valence-electron chi connectivity index (χ0n) is 11.8. The molecule has 0 heterocycles. The number of ether oxygens (including phenoxy) is 1. The minimum Gasteiger partial charge on any atom is -0.490 e. The monoisotopic (exact) mass is 268 g/mol. The van der Waals surface area contributed by atoms with E-state index in [4.69, 9.17) is 4.74 Å². The summed E-state index contributed by atoms with van der Waals surface area (Å²) in [7, 11) is 0. The van der Waals surface area contributed by atoms with Crippen LogP contribution in [0.5, 0.6) is 5.75 Å². The van der Waals surface area contributed by atoms with Crippen molar-refractivity contribution in [2.75, 3.05) is 0 Å². The summed E-state index contributed by atoms with van der Waals surface area (Å²) >= 11 is 0. The Balaban J connectivity index is 1.69. The van der Waals surface area contributed by atoms with Crippen molar-refractivity contribution in [3.05, 3.63) is 65.2 Å². The Morgan fingerprint density at radius 1 is 1.15 bits per heavy atom. The molecule has 2 aromatic rings. The third-order valence-electron chi connectivity index (χ3n) is 3.62. The minimum absolute atomic E-state index is 0.388. The van der Waals surface area contributed by atoms with E-state index in [9.17, 15) is 5.11 Å². The predicted molar refractivity (Wildman–Crippen MR) is 79.9 cm³/mol. The zero-order valence-corrected chi connectivity index (χ0v) is 11.8. The first-order valence-electron chi connectivity index (χ1n) is 7.21. The first kappa shape index (κ1) is 13.2. The highest BCUT2D eigenvalue weighted by Crippen LogP contribution is 2.29. The van der Waals surface area contributed by atoms with Gasteiger partial charge in [0.25, 0.3) is 0 Å². The number of aliphatic hydroxyl groups excluding tert-OH is 1. The SMILES string of the molecule is Cc1ccc(CC(O)c2cccc(OC3CC3)c2)cc1. The van der Waals surface area contributed by atoms with Crippen molar-refractivity contribution < 1.29 is 9.84 Å². The van der Waals surface area contributed by atoms with Crippen LogP contribution >= 0.6 is 0 Å². The van der Waals surface area contributed by atoms with Crippen LogP contribution in [0, 0.1) is 6.92 Å². The van der Waals surface area contributed by atoms with Crippen LogP contribution in [-0.2, 0) is 6.42 Å². The van der Waals surface area contributed by atoms with Crippen molar-refractivity contribution in [1.82, 2.24) is 0 Å². The highest BCUT2D eigenvalue weighted by molar-refractivity contribution is 5.32. The molecule has 0 amide bonds. The molecule has 0 spiro atoms. The van der Waals surface area contributed by atoms with E-state index in [0.717, 1.165) is 29.7 Å². The summed E-state index contributed by atoms with van der Waals surface area (Å²) in [6.07, 6.45) is 2.83. The Hall–Kier alpha value is -1.80. The quantitative estimate of drug-likeness (QED) is 0.893. The molecule has 20 heavy (non-hydrogen) atoms. The fourth-order valence-electron chi connectivity index (χ4n) is 2.24. The zero-order chi connectivity index (χ0) is 13.9. The van der Waals surface area contributed by atoms with Crippen molar-refractivity contribution >= 4 is 0 Å². The summed E-state index contributed by atoms with van der Waals surface area (Å²) in [6.45, 7) is 2.07. The van der Waals surface area contributed by atoms with Crippen LogP contribution in [0.15, 0.2) is 48.5 Å². The number of aliphatic hydroxyl groups is 1. The molecule has 2 nitrogen and oxygen atoms in total. The first-order valence-corrected chi connectivity index (χ1v) is 7.21. The van der Waals surface area contributed by atoms with Crippen LogP contribution in [0.2, 0.25) is 0 Å². The van der Waals surface area contributed by atoms with Crippen LogP contribution in [0.3, 0.4) is 0 Å². The maximum atomic E-state index is 10.4. The van der Waals surface area contributed by atoms with Gasteiger partial charge in [-0.25, -0.2) is 0 Å². The number of hydrogen-bond donors (Lipinski definition) is 1. The van der Waals surface area contributed by atoms with Gasteiger partial charge in [-0.2, -0.15) is 0 Å². The molecular weight excluding hydrogens is 248 g/mol. The molecule has 1 aliphatic carbocycles. The van der Waals surface area contributed by atoms with Crippen LogP contribution in [-0.4, -0.2) is 11.2 Å². The lowest BCUT2D eigenvalue weighted by Crippen LogP contribution is -2.03. The van der Waals surface area contributed by atoms with E-state index in [1.54, 1.807) is 0 Å². The van der Waals surface area contributed by atoms with Crippen LogP contribution < -0.4 is 4.74 Å². The van der Waals surface area contributed by atoms with E-state index in [2.05, 4.69) is 31.2 Å². The average Bonchev–Trinajstić information content (AvgIpc) is 3.25. The van der Waals surface area contributed by atoms with Gasteiger partial charge in [-0.05, 0) is 43.0 Å². The van der Waals surface area contributed by atoms with Gasteiger partial charge >= 0.3 is 0 Å². The fourth-order valence-corrected chi connectivity index (χ4v) is 2.24. The molecule has 0 bridgehead atoms. The van der Waals surface area contributed by atoms with E-state index in [1.807, 2.05) is 24.3 Å². The number of hydrogen-bond acceptors (Lipinski definition) is 2. The van der Waals surface area contributed by atoms with Gasteiger partial charge in [-0.15, -0.1) is 0 Å². The van der Waals surface area contributed by atoms with Gasteiger partial charge in [-0.3, -0.25) is 0 Å². The van der Waals surface area contributed by atoms with E-state index in [0.29, 0.717) is 12.5 Å². The van der Waals surface area contributed by atoms with Crippen molar-refractivity contribution in [3.63, 3.8) is 0 Å². The molecule has 0 radical (unpaired) electrons. The van der Waals surface area contributed by atoms with E-state index < -0.39 is 6.10 Å². The second-order valence-corrected chi connectivity index (χ2v) is 5.60. The van der Waals surface area contributed by atoms with Gasteiger partial charge in [0.05, 0.1) is 12.2 Å². The molecule has 1 unspecified atom stereocenters. The molecule has 104 valence electrons. The molecule has 1 saturated carbocycles. The standard InChI is InChI=1S/C18H20O2/c1-13-5-7-14(8-6-13)11-18(19)15-3-2-4-17(12-15)20-16-9-10-16/h2-8,12,16,18-19H,9-11H2,1H3. The van der Waals surface area contributed by atoms with Gasteiger partial charge in [0.15, 0.2) is 0 Å². The molecule has 2 aromatic carbocycles. The topological polar surface area (TPSA) is 29.5 Å². The fraction of sp³-hybridized carbons (Fsp3) is 0.333. The molecule has 0 aliphatic heterocycles. The molecule has 0 saturated heterocycles. The number of benzene rings is 2. The maximum Gasteiger partial charge on any atom is 0.120 e. The summed E-state index contributed by atoms with van der Waals surface area (Å²) in [5.41, 5.74) is 3.31. The Labute approximate surface area is 120 Å². The van der Waals surface area contributed by atoms with E-state index >= 15 is 0 Å². The van der Waals surface area contributed by atoms with Gasteiger partial charge < -0.3 is 9.84 Å². The first-order chi connectivity index (χ1) is 9.70. The van der Waals surface area contributed by atoms with E-state index in [-0.39, 0.29) is 0 Å². The second-order valence-electron chi connectivity index (χ2n) is 5.60. The lowest BCUT2D eigenvalue weighted by atomic mass is 10.0. The summed E-state index contributed by atoms with van der Waals surface area (Å²) in [5, 5.41) is 10.4. The molecule has 0 aromatic heterocycles. The third kappa shape index (κ3) is 3.40. The van der Waals surface area contributed by atoms with Crippen molar-refractivity contribution in [1.29, 1.82) is 0 Å². The van der Waals surface area contributed by atoms with Crippen LogP contribution in [0.4, 0.5) is 0 Å². The van der Waals surface area contributed by atoms with Gasteiger partial charge in [0.2, 0.25) is 0 Å². The smallest absolute Gasteiger partial charge is 0.120 e. The Bertz CT molecular complexity index is 570. The Kier molecular flexibility index (Phi) is 3.75. The van der Waals surface area contributed by atoms with E-state index in [1.165, 1.54) is 5.56 Å². The molecule has 1 aliphatic rings. The third-order valence-corrected chi connectivity index (χ3v) is 3.62. The lowest BCUT2D eigenvalue weighted by Gasteiger charge is -2.13. The van der Waals surface area contributed by atoms with Crippen LogP contribution in [0.25, 0.3) is 0 Å². The summed E-state index contributed by atoms with van der Waals surface area (Å²) in [6, 6.07) is 16.1. The largest absolute Gasteiger partial charge is 0.490 e. The molecule has 3 rings (SSSR count). The van der Waals surface area contributed by atoms with Crippen molar-refractivity contribution in [2.45, 2.75) is 38.4 Å². The highest BCUT2D eigenvalue weighted by Gasteiger charge is 2.23. The Morgan fingerprint density at radius 3 is 2.60 bits per heavy atom. The van der Waals surface area contributed by atoms with Gasteiger partial charge in [0, 0.05) is 6.42 Å². The molecule has 1 N–H and O–H groups in total. The normalized spacial score (nSPS) is 15.9. The summed E-state index contributed by atoms with van der Waals surface area (Å²) in [4.78, 5) is 0. The van der Waals surface area contributed by atoms with Crippen molar-refractivity contribution in [2.24, 2.45) is 0 Å². The van der Waals surface area contributed by atoms with Gasteiger partial charge in [-0.1, -0.05) is 42.0 Å². The average molecular weight is 268 g/mol. The second kappa shape index (κ2) is 5.68.